The van der Waals surface area contributed by atoms with Gasteiger partial charge in [-0.2, -0.15) is 11.8 Å². The molecule has 2 aromatic carbocycles. The van der Waals surface area contributed by atoms with E-state index in [1.165, 1.54) is 11.8 Å². The molecule has 0 fully saturated rings. The monoisotopic (exact) mass is 558 g/mol. The summed E-state index contributed by atoms with van der Waals surface area (Å²) in [5, 5.41) is 12.1. The molecule has 0 saturated heterocycles. The number of hydrogen-bond donors (Lipinski definition) is 2. The van der Waals surface area contributed by atoms with Crippen molar-refractivity contribution in [2.24, 2.45) is 5.92 Å². The van der Waals surface area contributed by atoms with Gasteiger partial charge >= 0.3 is 12.0 Å². The first-order valence-electron chi connectivity index (χ1n) is 11.6. The first kappa shape index (κ1) is 28.5. The average molecular weight is 560 g/mol. The van der Waals surface area contributed by atoms with Crippen molar-refractivity contribution in [3.05, 3.63) is 69.7 Å². The van der Waals surface area contributed by atoms with E-state index >= 15 is 0 Å². The number of carbonyl (C=O) groups is 3. The lowest BCUT2D eigenvalue weighted by atomic mass is 10.1. The number of imide groups is 1. The van der Waals surface area contributed by atoms with Crippen LogP contribution in [0.4, 0.5) is 4.79 Å². The van der Waals surface area contributed by atoms with Gasteiger partial charge in [0.1, 0.15) is 6.04 Å². The number of carboxylic acids is 1. The summed E-state index contributed by atoms with van der Waals surface area (Å²) in [5.74, 6) is 5.99. The molecule has 2 N–H and O–H groups in total. The number of urea groups is 1. The van der Waals surface area contributed by atoms with Crippen molar-refractivity contribution in [2.75, 3.05) is 18.1 Å². The summed E-state index contributed by atoms with van der Waals surface area (Å²) in [6.45, 7) is 6.20. The predicted molar refractivity (Wildman–Crippen MR) is 145 cm³/mol. The topological polar surface area (TPSA) is 86.7 Å². The van der Waals surface area contributed by atoms with Crippen LogP contribution < -0.4 is 5.32 Å². The van der Waals surface area contributed by atoms with E-state index in [0.717, 1.165) is 27.1 Å². The molecule has 186 valence electrons. The maximum atomic E-state index is 13.2. The van der Waals surface area contributed by atoms with Crippen molar-refractivity contribution >= 4 is 45.6 Å². The quantitative estimate of drug-likeness (QED) is 0.368. The Kier molecular flexibility index (Phi) is 11.9. The maximum Gasteiger partial charge on any atom is 0.327 e. The number of rotatable bonds is 10. The van der Waals surface area contributed by atoms with Crippen LogP contribution in [0.15, 0.2) is 53.0 Å². The van der Waals surface area contributed by atoms with Crippen LogP contribution in [0.3, 0.4) is 0 Å². The molecule has 0 spiro atoms. The predicted octanol–water partition coefficient (Wildman–Crippen LogP) is 5.64. The van der Waals surface area contributed by atoms with Crippen molar-refractivity contribution in [3.8, 4) is 11.8 Å². The number of nitrogens with zero attached hydrogens (tertiary/aromatic N) is 1. The molecule has 3 amide bonds. The summed E-state index contributed by atoms with van der Waals surface area (Å²) in [6, 6.07) is 12.6. The molecule has 0 aliphatic heterocycles. The summed E-state index contributed by atoms with van der Waals surface area (Å²) >= 11 is 4.88. The Morgan fingerprint density at radius 1 is 1.06 bits per heavy atom. The highest BCUT2D eigenvalue weighted by atomic mass is 79.9. The summed E-state index contributed by atoms with van der Waals surface area (Å²) < 4.78 is 0.962. The van der Waals surface area contributed by atoms with Gasteiger partial charge in [-0.25, -0.2) is 9.59 Å². The van der Waals surface area contributed by atoms with E-state index in [2.05, 4.69) is 46.9 Å². The molecule has 8 heteroatoms. The number of hydrogen-bond acceptors (Lipinski definition) is 4. The van der Waals surface area contributed by atoms with Crippen LogP contribution in [0.1, 0.15) is 55.1 Å². The van der Waals surface area contributed by atoms with E-state index in [9.17, 15) is 19.5 Å². The second-order valence-corrected chi connectivity index (χ2v) is 10.2. The fourth-order valence-corrected chi connectivity index (χ4v) is 4.49. The number of aliphatic carboxylic acids is 1. The minimum absolute atomic E-state index is 0.172. The van der Waals surface area contributed by atoms with Crippen molar-refractivity contribution < 1.29 is 19.5 Å². The minimum atomic E-state index is -1.12. The van der Waals surface area contributed by atoms with Crippen molar-refractivity contribution in [2.45, 2.75) is 39.7 Å². The zero-order valence-electron chi connectivity index (χ0n) is 20.2. The van der Waals surface area contributed by atoms with Gasteiger partial charge in [-0.15, -0.1) is 0 Å². The fraction of sp³-hybridized carbons (Fsp3) is 0.370. The SMILES string of the molecule is CCCN(C(=O)N[C@@H](CSCC(C)CC)C(=O)O)C(=O)c1cccc(C#Cc2ccc(Br)cc2)c1. The highest BCUT2D eigenvalue weighted by Gasteiger charge is 2.27. The Labute approximate surface area is 220 Å². The highest BCUT2D eigenvalue weighted by Crippen LogP contribution is 2.14. The van der Waals surface area contributed by atoms with E-state index in [0.29, 0.717) is 23.5 Å². The standard InChI is InChI=1S/C27H31BrN2O4S/c1-4-15-30(27(34)29-24(26(32)33)18-35-17-19(3)5-2)25(31)22-8-6-7-21(16-22)10-9-20-11-13-23(28)14-12-20/h6-8,11-14,16,19,24H,4-5,15,17-18H2,1-3H3,(H,29,34)(H,32,33)/t19?,24-/m0/s1. The molecule has 2 atom stereocenters. The Morgan fingerprint density at radius 2 is 1.74 bits per heavy atom. The lowest BCUT2D eigenvalue weighted by Gasteiger charge is -2.23. The lowest BCUT2D eigenvalue weighted by molar-refractivity contribution is -0.138. The third-order valence-electron chi connectivity index (χ3n) is 5.22. The van der Waals surface area contributed by atoms with Crippen LogP contribution in [-0.2, 0) is 4.79 Å². The third kappa shape index (κ3) is 9.42. The molecule has 0 heterocycles. The molecule has 0 saturated carbocycles. The molecular formula is C27H31BrN2O4S. The number of benzene rings is 2. The summed E-state index contributed by atoms with van der Waals surface area (Å²) in [4.78, 5) is 38.9. The largest absolute Gasteiger partial charge is 0.480 e. The summed E-state index contributed by atoms with van der Waals surface area (Å²) in [5.41, 5.74) is 1.79. The average Bonchev–Trinajstić information content (AvgIpc) is 2.85. The molecule has 0 aromatic heterocycles. The number of carbonyl (C=O) groups excluding carboxylic acids is 2. The molecule has 2 aromatic rings. The fourth-order valence-electron chi connectivity index (χ4n) is 2.99. The second kappa shape index (κ2) is 14.6. The Balaban J connectivity index is 2.14. The van der Waals surface area contributed by atoms with Crippen LogP contribution in [0.5, 0.6) is 0 Å². The molecular weight excluding hydrogens is 528 g/mol. The van der Waals surface area contributed by atoms with Gasteiger partial charge in [0.05, 0.1) is 0 Å². The Morgan fingerprint density at radius 3 is 2.37 bits per heavy atom. The van der Waals surface area contributed by atoms with Gasteiger partial charge in [0.15, 0.2) is 0 Å². The molecule has 0 aliphatic rings. The van der Waals surface area contributed by atoms with Gasteiger partial charge in [0.25, 0.3) is 5.91 Å². The Hall–Kier alpha value is -2.76. The van der Waals surface area contributed by atoms with E-state index in [1.54, 1.807) is 24.3 Å². The molecule has 0 radical (unpaired) electrons. The minimum Gasteiger partial charge on any atom is -0.480 e. The van der Waals surface area contributed by atoms with Crippen LogP contribution in [-0.4, -0.2) is 52.0 Å². The van der Waals surface area contributed by atoms with Gasteiger partial charge in [-0.1, -0.05) is 61.0 Å². The van der Waals surface area contributed by atoms with Gasteiger partial charge in [-0.05, 0) is 60.6 Å². The molecule has 0 bridgehead atoms. The van der Waals surface area contributed by atoms with Crippen LogP contribution >= 0.6 is 27.7 Å². The third-order valence-corrected chi connectivity index (χ3v) is 7.12. The van der Waals surface area contributed by atoms with Crippen molar-refractivity contribution in [1.29, 1.82) is 0 Å². The van der Waals surface area contributed by atoms with Gasteiger partial charge in [-0.3, -0.25) is 9.69 Å². The molecule has 2 rings (SSSR count). The number of carboxylic acid groups (broad SMARTS) is 1. The number of thioether (sulfide) groups is 1. The zero-order chi connectivity index (χ0) is 25.8. The summed E-state index contributed by atoms with van der Waals surface area (Å²) in [6.07, 6.45) is 1.55. The van der Waals surface area contributed by atoms with Crippen LogP contribution in [0.2, 0.25) is 0 Å². The zero-order valence-corrected chi connectivity index (χ0v) is 22.6. The van der Waals surface area contributed by atoms with Gasteiger partial charge in [0.2, 0.25) is 0 Å². The van der Waals surface area contributed by atoms with E-state index in [1.807, 2.05) is 31.2 Å². The summed E-state index contributed by atoms with van der Waals surface area (Å²) in [7, 11) is 0. The van der Waals surface area contributed by atoms with E-state index < -0.39 is 23.9 Å². The van der Waals surface area contributed by atoms with Crippen LogP contribution in [0, 0.1) is 17.8 Å². The van der Waals surface area contributed by atoms with Gasteiger partial charge in [0, 0.05) is 33.5 Å². The lowest BCUT2D eigenvalue weighted by Crippen LogP contribution is -2.51. The molecule has 0 aliphatic carbocycles. The Bertz CT molecular complexity index is 1080. The first-order chi connectivity index (χ1) is 16.7. The van der Waals surface area contributed by atoms with Crippen LogP contribution in [0.25, 0.3) is 0 Å². The number of nitrogens with one attached hydrogen (secondary N) is 1. The van der Waals surface area contributed by atoms with Crippen molar-refractivity contribution in [1.82, 2.24) is 10.2 Å². The first-order valence-corrected chi connectivity index (χ1v) is 13.5. The van der Waals surface area contributed by atoms with Gasteiger partial charge < -0.3 is 10.4 Å². The van der Waals surface area contributed by atoms with E-state index in [4.69, 9.17) is 0 Å². The molecule has 6 nitrogen and oxygen atoms in total. The molecule has 1 unspecified atom stereocenters. The normalized spacial score (nSPS) is 12.1. The maximum absolute atomic E-state index is 13.2. The number of amides is 3. The van der Waals surface area contributed by atoms with Crippen molar-refractivity contribution in [3.63, 3.8) is 0 Å². The number of halogens is 1. The smallest absolute Gasteiger partial charge is 0.327 e. The molecule has 35 heavy (non-hydrogen) atoms. The highest BCUT2D eigenvalue weighted by molar-refractivity contribution is 9.10. The second-order valence-electron chi connectivity index (χ2n) is 8.19. The van der Waals surface area contributed by atoms with E-state index in [-0.39, 0.29) is 12.3 Å².